The zero-order valence-corrected chi connectivity index (χ0v) is 10.9. The average Bonchev–Trinajstić information content (AvgIpc) is 2.72. The predicted octanol–water partition coefficient (Wildman–Crippen LogP) is 2.19. The Balaban J connectivity index is 2.23. The highest BCUT2D eigenvalue weighted by molar-refractivity contribution is 6.20. The fraction of sp³-hybridized carbons (Fsp3) is 0.818. The second-order valence-corrected chi connectivity index (χ2v) is 4.49. The van der Waals surface area contributed by atoms with Gasteiger partial charge in [0, 0.05) is 11.9 Å². The van der Waals surface area contributed by atoms with E-state index in [9.17, 15) is 0 Å². The Labute approximate surface area is 102 Å². The largest absolute Gasteiger partial charge is 0.310 e. The van der Waals surface area contributed by atoms with Crippen LogP contribution in [0.2, 0.25) is 0 Å². The number of aromatic nitrogens is 3. The maximum absolute atomic E-state index is 6.03. The number of nitrogens with zero attached hydrogens (tertiary/aromatic N) is 3. The molecular formula is C11H21ClN4. The molecule has 0 amide bonds. The molecule has 0 aliphatic rings. The third kappa shape index (κ3) is 4.49. The molecule has 0 bridgehead atoms. The molecule has 1 rings (SSSR count). The maximum Gasteiger partial charge on any atom is 0.140 e. The van der Waals surface area contributed by atoms with Gasteiger partial charge in [-0.1, -0.05) is 13.8 Å². The van der Waals surface area contributed by atoms with E-state index in [0.29, 0.717) is 0 Å². The summed E-state index contributed by atoms with van der Waals surface area (Å²) in [5.41, 5.74) is 0. The number of halogens is 1. The lowest BCUT2D eigenvalue weighted by Gasteiger charge is -2.08. The molecule has 0 aliphatic carbocycles. The molecule has 0 aliphatic heterocycles. The Kier molecular flexibility index (Phi) is 6.42. The van der Waals surface area contributed by atoms with E-state index in [1.165, 1.54) is 0 Å². The van der Waals surface area contributed by atoms with Crippen molar-refractivity contribution >= 4 is 11.6 Å². The van der Waals surface area contributed by atoms with E-state index in [-0.39, 0.29) is 5.38 Å². The van der Waals surface area contributed by atoms with Gasteiger partial charge >= 0.3 is 0 Å². The summed E-state index contributed by atoms with van der Waals surface area (Å²) < 4.78 is 1.95. The number of rotatable bonds is 8. The Hall–Kier alpha value is -0.610. The van der Waals surface area contributed by atoms with Gasteiger partial charge in [-0.25, -0.2) is 9.67 Å². The number of alkyl halides is 1. The van der Waals surface area contributed by atoms with Crippen molar-refractivity contribution in [2.24, 2.45) is 0 Å². The lowest BCUT2D eigenvalue weighted by atomic mass is 10.2. The summed E-state index contributed by atoms with van der Waals surface area (Å²) >= 11 is 6.03. The van der Waals surface area contributed by atoms with E-state index in [1.54, 1.807) is 6.33 Å². The highest BCUT2D eigenvalue weighted by Crippen LogP contribution is 2.04. The van der Waals surface area contributed by atoms with Crippen molar-refractivity contribution in [3.8, 4) is 0 Å². The quantitative estimate of drug-likeness (QED) is 0.563. The monoisotopic (exact) mass is 244 g/mol. The highest BCUT2D eigenvalue weighted by atomic mass is 35.5. The first-order valence-corrected chi connectivity index (χ1v) is 6.43. The summed E-state index contributed by atoms with van der Waals surface area (Å²) in [4.78, 5) is 4.23. The van der Waals surface area contributed by atoms with Crippen LogP contribution >= 0.6 is 11.6 Å². The molecule has 0 fully saturated rings. The molecule has 1 atom stereocenters. The Morgan fingerprint density at radius 1 is 1.50 bits per heavy atom. The smallest absolute Gasteiger partial charge is 0.140 e. The standard InChI is InChI=1S/C11H21ClN4/c1-3-7-16-11(14-9-15-16)8-13-6-5-10(12)4-2/h9-10,13H,3-8H2,1-2H3. The molecule has 0 saturated carbocycles. The molecule has 1 aromatic rings. The molecule has 1 N–H and O–H groups in total. The second-order valence-electron chi connectivity index (χ2n) is 3.87. The Morgan fingerprint density at radius 3 is 3.00 bits per heavy atom. The number of aryl methyl sites for hydroxylation is 1. The number of nitrogens with one attached hydrogen (secondary N) is 1. The molecule has 5 heteroatoms. The topological polar surface area (TPSA) is 42.7 Å². The third-order valence-corrected chi connectivity index (χ3v) is 3.02. The maximum atomic E-state index is 6.03. The summed E-state index contributed by atoms with van der Waals surface area (Å²) in [7, 11) is 0. The first-order valence-electron chi connectivity index (χ1n) is 5.99. The molecule has 0 saturated heterocycles. The van der Waals surface area contributed by atoms with Crippen LogP contribution in [-0.2, 0) is 13.1 Å². The van der Waals surface area contributed by atoms with Gasteiger partial charge in [-0.2, -0.15) is 5.10 Å². The van der Waals surface area contributed by atoms with Gasteiger partial charge in [0.25, 0.3) is 0 Å². The lowest BCUT2D eigenvalue weighted by Crippen LogP contribution is -2.20. The zero-order chi connectivity index (χ0) is 11.8. The van der Waals surface area contributed by atoms with Crippen LogP contribution in [0.3, 0.4) is 0 Å². The van der Waals surface area contributed by atoms with Crippen molar-refractivity contribution in [2.75, 3.05) is 6.54 Å². The number of hydrogen-bond acceptors (Lipinski definition) is 3. The summed E-state index contributed by atoms with van der Waals surface area (Å²) in [5.74, 6) is 1.00. The van der Waals surface area contributed by atoms with Crippen molar-refractivity contribution in [1.82, 2.24) is 20.1 Å². The summed E-state index contributed by atoms with van der Waals surface area (Å²) in [6, 6.07) is 0. The minimum Gasteiger partial charge on any atom is -0.310 e. The van der Waals surface area contributed by atoms with Crippen molar-refractivity contribution in [2.45, 2.75) is 51.6 Å². The van der Waals surface area contributed by atoms with Gasteiger partial charge in [-0.15, -0.1) is 11.6 Å². The van der Waals surface area contributed by atoms with Crippen molar-refractivity contribution < 1.29 is 0 Å². The van der Waals surface area contributed by atoms with Crippen LogP contribution in [-0.4, -0.2) is 26.7 Å². The van der Waals surface area contributed by atoms with Crippen LogP contribution in [0.15, 0.2) is 6.33 Å². The third-order valence-electron chi connectivity index (χ3n) is 2.49. The van der Waals surface area contributed by atoms with Crippen LogP contribution in [0.5, 0.6) is 0 Å². The van der Waals surface area contributed by atoms with Crippen LogP contribution in [0.1, 0.15) is 38.9 Å². The van der Waals surface area contributed by atoms with E-state index in [1.807, 2.05) is 4.68 Å². The molecule has 1 heterocycles. The van der Waals surface area contributed by atoms with Gasteiger partial charge in [0.15, 0.2) is 0 Å². The van der Waals surface area contributed by atoms with Crippen molar-refractivity contribution in [3.05, 3.63) is 12.2 Å². The molecule has 0 aromatic carbocycles. The minimum atomic E-state index is 0.279. The van der Waals surface area contributed by atoms with E-state index in [0.717, 1.165) is 44.7 Å². The van der Waals surface area contributed by atoms with Crippen LogP contribution < -0.4 is 5.32 Å². The van der Waals surface area contributed by atoms with E-state index < -0.39 is 0 Å². The fourth-order valence-electron chi connectivity index (χ4n) is 1.49. The van der Waals surface area contributed by atoms with E-state index >= 15 is 0 Å². The second kappa shape index (κ2) is 7.63. The van der Waals surface area contributed by atoms with Crippen LogP contribution in [0.25, 0.3) is 0 Å². The normalized spacial score (nSPS) is 12.9. The zero-order valence-electron chi connectivity index (χ0n) is 10.1. The predicted molar refractivity (Wildman–Crippen MR) is 66.6 cm³/mol. The summed E-state index contributed by atoms with van der Waals surface area (Å²) in [6.45, 7) is 6.88. The molecule has 4 nitrogen and oxygen atoms in total. The Bertz CT molecular complexity index is 287. The SMILES string of the molecule is CCCn1ncnc1CNCCC(Cl)CC. The number of hydrogen-bond donors (Lipinski definition) is 1. The molecular weight excluding hydrogens is 224 g/mol. The molecule has 92 valence electrons. The molecule has 1 aromatic heterocycles. The molecule has 0 radical (unpaired) electrons. The van der Waals surface area contributed by atoms with Crippen molar-refractivity contribution in [1.29, 1.82) is 0 Å². The highest BCUT2D eigenvalue weighted by Gasteiger charge is 2.04. The Morgan fingerprint density at radius 2 is 2.31 bits per heavy atom. The first kappa shape index (κ1) is 13.5. The van der Waals surface area contributed by atoms with Gasteiger partial charge < -0.3 is 5.32 Å². The van der Waals surface area contributed by atoms with Crippen LogP contribution in [0, 0.1) is 0 Å². The van der Waals surface area contributed by atoms with E-state index in [2.05, 4.69) is 29.2 Å². The van der Waals surface area contributed by atoms with Gasteiger partial charge in [0.1, 0.15) is 12.2 Å². The molecule has 0 spiro atoms. The van der Waals surface area contributed by atoms with E-state index in [4.69, 9.17) is 11.6 Å². The van der Waals surface area contributed by atoms with Gasteiger partial charge in [0.2, 0.25) is 0 Å². The molecule has 16 heavy (non-hydrogen) atoms. The molecule has 1 unspecified atom stereocenters. The van der Waals surface area contributed by atoms with Crippen LogP contribution in [0.4, 0.5) is 0 Å². The summed E-state index contributed by atoms with van der Waals surface area (Å²) in [5, 5.41) is 7.80. The average molecular weight is 245 g/mol. The first-order chi connectivity index (χ1) is 7.77. The fourth-order valence-corrected chi connectivity index (χ4v) is 1.60. The summed E-state index contributed by atoms with van der Waals surface area (Å²) in [6.07, 6.45) is 4.72. The van der Waals surface area contributed by atoms with Gasteiger partial charge in [-0.05, 0) is 25.8 Å². The van der Waals surface area contributed by atoms with Gasteiger partial charge in [0.05, 0.1) is 6.54 Å². The van der Waals surface area contributed by atoms with Gasteiger partial charge in [-0.3, -0.25) is 0 Å². The minimum absolute atomic E-state index is 0.279. The van der Waals surface area contributed by atoms with Crippen molar-refractivity contribution in [3.63, 3.8) is 0 Å². The lowest BCUT2D eigenvalue weighted by molar-refractivity contribution is 0.534.